The number of carbonyl (C=O) groups is 1. The van der Waals surface area contributed by atoms with Crippen molar-refractivity contribution in [3.05, 3.63) is 82.9 Å². The number of anilines is 2. The summed E-state index contributed by atoms with van der Waals surface area (Å²) in [7, 11) is -2.24. The molecule has 0 fully saturated rings. The van der Waals surface area contributed by atoms with Gasteiger partial charge in [0.2, 0.25) is 0 Å². The van der Waals surface area contributed by atoms with Gasteiger partial charge in [0, 0.05) is 22.0 Å². The number of methoxy groups -OCH3 is 1. The van der Waals surface area contributed by atoms with Crippen LogP contribution in [0.25, 0.3) is 0 Å². The molecular weight excluding hydrogens is 412 g/mol. The van der Waals surface area contributed by atoms with Crippen LogP contribution < -0.4 is 14.8 Å². The summed E-state index contributed by atoms with van der Waals surface area (Å²) in [5, 5.41) is 3.36. The maximum Gasteiger partial charge on any atom is 0.261 e. The van der Waals surface area contributed by atoms with Crippen molar-refractivity contribution in [3.63, 3.8) is 0 Å². The first kappa shape index (κ1) is 20.7. The van der Waals surface area contributed by atoms with E-state index in [9.17, 15) is 13.2 Å². The van der Waals surface area contributed by atoms with Gasteiger partial charge in [0.1, 0.15) is 5.75 Å². The molecule has 6 nitrogen and oxygen atoms in total. The molecule has 150 valence electrons. The molecule has 0 atom stereocenters. The van der Waals surface area contributed by atoms with Crippen molar-refractivity contribution in [2.45, 2.75) is 11.8 Å². The molecule has 0 heterocycles. The Hall–Kier alpha value is -3.03. The number of nitrogens with one attached hydrogen (secondary N) is 2. The standard InChI is InChI=1S/C21H19ClN2O4S/c1-14-19(22)4-3-5-20(14)23-21(25)15-6-8-16(9-7-15)24-29(26,27)18-12-10-17(28-2)11-13-18/h3-13,24H,1-2H3,(H,23,25). The molecule has 0 aromatic heterocycles. The molecule has 0 aliphatic rings. The lowest BCUT2D eigenvalue weighted by molar-refractivity contribution is 0.102. The van der Waals surface area contributed by atoms with Crippen molar-refractivity contribution in [3.8, 4) is 5.75 Å². The summed E-state index contributed by atoms with van der Waals surface area (Å²) >= 11 is 6.07. The van der Waals surface area contributed by atoms with E-state index in [1.807, 2.05) is 6.92 Å². The van der Waals surface area contributed by atoms with Gasteiger partial charge in [-0.05, 0) is 73.2 Å². The maximum atomic E-state index is 12.5. The molecule has 0 saturated heterocycles. The fourth-order valence-corrected chi connectivity index (χ4v) is 3.83. The van der Waals surface area contributed by atoms with E-state index in [0.29, 0.717) is 27.7 Å². The zero-order valence-electron chi connectivity index (χ0n) is 15.8. The number of carbonyl (C=O) groups excluding carboxylic acids is 1. The Morgan fingerprint density at radius 1 is 0.966 bits per heavy atom. The average Bonchev–Trinajstić information content (AvgIpc) is 2.71. The van der Waals surface area contributed by atoms with Gasteiger partial charge in [-0.1, -0.05) is 17.7 Å². The third-order valence-electron chi connectivity index (χ3n) is 4.28. The Morgan fingerprint density at radius 3 is 2.24 bits per heavy atom. The van der Waals surface area contributed by atoms with Gasteiger partial charge in [0.05, 0.1) is 12.0 Å². The first-order chi connectivity index (χ1) is 13.8. The highest BCUT2D eigenvalue weighted by molar-refractivity contribution is 7.92. The normalized spacial score (nSPS) is 11.0. The minimum Gasteiger partial charge on any atom is -0.497 e. The van der Waals surface area contributed by atoms with Gasteiger partial charge in [-0.15, -0.1) is 0 Å². The van der Waals surface area contributed by atoms with Crippen LogP contribution in [0, 0.1) is 6.92 Å². The smallest absolute Gasteiger partial charge is 0.261 e. The number of sulfonamides is 1. The second-order valence-electron chi connectivity index (χ2n) is 6.22. The number of rotatable bonds is 6. The van der Waals surface area contributed by atoms with E-state index in [2.05, 4.69) is 10.0 Å². The van der Waals surface area contributed by atoms with Crippen molar-refractivity contribution in [1.29, 1.82) is 0 Å². The van der Waals surface area contributed by atoms with E-state index < -0.39 is 10.0 Å². The first-order valence-corrected chi connectivity index (χ1v) is 10.5. The minimum atomic E-state index is -3.75. The van der Waals surface area contributed by atoms with Gasteiger partial charge in [-0.3, -0.25) is 9.52 Å². The molecule has 0 saturated carbocycles. The zero-order chi connectivity index (χ0) is 21.0. The van der Waals surface area contributed by atoms with E-state index in [1.165, 1.54) is 31.4 Å². The van der Waals surface area contributed by atoms with Crippen molar-refractivity contribution >= 4 is 38.9 Å². The predicted octanol–water partition coefficient (Wildman–Crippen LogP) is 4.71. The molecule has 0 aliphatic heterocycles. The van der Waals surface area contributed by atoms with Crippen LogP contribution in [0.3, 0.4) is 0 Å². The van der Waals surface area contributed by atoms with E-state index in [1.54, 1.807) is 42.5 Å². The third-order valence-corrected chi connectivity index (χ3v) is 6.09. The fraction of sp³-hybridized carbons (Fsp3) is 0.0952. The van der Waals surface area contributed by atoms with E-state index in [-0.39, 0.29) is 10.8 Å². The van der Waals surface area contributed by atoms with E-state index >= 15 is 0 Å². The molecule has 0 bridgehead atoms. The summed E-state index contributed by atoms with van der Waals surface area (Å²) in [6.45, 7) is 1.81. The monoisotopic (exact) mass is 430 g/mol. The molecule has 1 amide bonds. The van der Waals surface area contributed by atoms with Gasteiger partial charge in [0.25, 0.3) is 15.9 Å². The van der Waals surface area contributed by atoms with Crippen molar-refractivity contribution < 1.29 is 17.9 Å². The number of amides is 1. The Labute approximate surface area is 174 Å². The largest absolute Gasteiger partial charge is 0.497 e. The fourth-order valence-electron chi connectivity index (χ4n) is 2.60. The van der Waals surface area contributed by atoms with Crippen LogP contribution in [0.2, 0.25) is 5.02 Å². The topological polar surface area (TPSA) is 84.5 Å². The summed E-state index contributed by atoms with van der Waals surface area (Å²) in [6, 6.07) is 17.4. The van der Waals surface area contributed by atoms with Crippen LogP contribution in [-0.4, -0.2) is 21.4 Å². The van der Waals surface area contributed by atoms with Gasteiger partial charge in [-0.2, -0.15) is 0 Å². The lowest BCUT2D eigenvalue weighted by Crippen LogP contribution is -2.14. The van der Waals surface area contributed by atoms with Crippen molar-refractivity contribution in [1.82, 2.24) is 0 Å². The van der Waals surface area contributed by atoms with Crippen LogP contribution >= 0.6 is 11.6 Å². The van der Waals surface area contributed by atoms with Gasteiger partial charge < -0.3 is 10.1 Å². The zero-order valence-corrected chi connectivity index (χ0v) is 17.3. The molecule has 29 heavy (non-hydrogen) atoms. The molecule has 8 heteroatoms. The van der Waals surface area contributed by atoms with Crippen molar-refractivity contribution in [2.75, 3.05) is 17.1 Å². The van der Waals surface area contributed by atoms with Gasteiger partial charge >= 0.3 is 0 Å². The Morgan fingerprint density at radius 2 is 1.62 bits per heavy atom. The van der Waals surface area contributed by atoms with Crippen LogP contribution in [0.1, 0.15) is 15.9 Å². The number of halogens is 1. The molecule has 2 N–H and O–H groups in total. The molecule has 0 spiro atoms. The second-order valence-corrected chi connectivity index (χ2v) is 8.31. The minimum absolute atomic E-state index is 0.108. The summed E-state index contributed by atoms with van der Waals surface area (Å²) < 4.78 is 32.5. The van der Waals surface area contributed by atoms with Crippen LogP contribution in [0.15, 0.2) is 71.6 Å². The second kappa shape index (κ2) is 8.55. The Balaban J connectivity index is 1.72. The maximum absolute atomic E-state index is 12.5. The number of ether oxygens (including phenoxy) is 1. The van der Waals surface area contributed by atoms with Gasteiger partial charge in [0.15, 0.2) is 0 Å². The molecule has 3 aromatic rings. The van der Waals surface area contributed by atoms with Crippen LogP contribution in [0.5, 0.6) is 5.75 Å². The number of hydrogen-bond donors (Lipinski definition) is 2. The highest BCUT2D eigenvalue weighted by Crippen LogP contribution is 2.24. The highest BCUT2D eigenvalue weighted by atomic mass is 35.5. The Bertz CT molecular complexity index is 1130. The average molecular weight is 431 g/mol. The predicted molar refractivity (Wildman–Crippen MR) is 114 cm³/mol. The summed E-state index contributed by atoms with van der Waals surface area (Å²) in [5.41, 5.74) is 2.12. The third kappa shape index (κ3) is 4.88. The molecular formula is C21H19ClN2O4S. The Kier molecular flexibility index (Phi) is 6.10. The molecule has 3 rings (SSSR count). The summed E-state index contributed by atoms with van der Waals surface area (Å²) in [5.74, 6) is 0.245. The lowest BCUT2D eigenvalue weighted by atomic mass is 10.1. The lowest BCUT2D eigenvalue weighted by Gasteiger charge is -2.11. The number of benzene rings is 3. The summed E-state index contributed by atoms with van der Waals surface area (Å²) in [4.78, 5) is 12.6. The van der Waals surface area contributed by atoms with Crippen LogP contribution in [-0.2, 0) is 10.0 Å². The quantitative estimate of drug-likeness (QED) is 0.593. The highest BCUT2D eigenvalue weighted by Gasteiger charge is 2.15. The van der Waals surface area contributed by atoms with Crippen molar-refractivity contribution in [2.24, 2.45) is 0 Å². The van der Waals surface area contributed by atoms with Gasteiger partial charge in [-0.25, -0.2) is 8.42 Å². The summed E-state index contributed by atoms with van der Waals surface area (Å²) in [6.07, 6.45) is 0. The number of hydrogen-bond acceptors (Lipinski definition) is 4. The molecule has 0 unspecified atom stereocenters. The van der Waals surface area contributed by atoms with E-state index in [4.69, 9.17) is 16.3 Å². The SMILES string of the molecule is COc1ccc(S(=O)(=O)Nc2ccc(C(=O)Nc3cccc(Cl)c3C)cc2)cc1. The van der Waals surface area contributed by atoms with Crippen LogP contribution in [0.4, 0.5) is 11.4 Å². The molecule has 0 radical (unpaired) electrons. The molecule has 0 aliphatic carbocycles. The first-order valence-electron chi connectivity index (χ1n) is 8.63. The molecule has 3 aromatic carbocycles. The van der Waals surface area contributed by atoms with E-state index in [0.717, 1.165) is 5.56 Å².